The van der Waals surface area contributed by atoms with E-state index < -0.39 is 0 Å². The Kier molecular flexibility index (Phi) is 4.75. The van der Waals surface area contributed by atoms with Gasteiger partial charge < -0.3 is 9.64 Å². The summed E-state index contributed by atoms with van der Waals surface area (Å²) in [5, 5.41) is 0. The van der Waals surface area contributed by atoms with Crippen molar-refractivity contribution in [2.75, 3.05) is 25.4 Å². The summed E-state index contributed by atoms with van der Waals surface area (Å²) in [4.78, 5) is 13.3. The second-order valence-corrected chi connectivity index (χ2v) is 4.32. The molecule has 0 saturated carbocycles. The highest BCUT2D eigenvalue weighted by atomic mass is 32.1. The summed E-state index contributed by atoms with van der Waals surface area (Å²) in [5.41, 5.74) is 0. The van der Waals surface area contributed by atoms with Crippen LogP contribution in [-0.4, -0.2) is 42.4 Å². The van der Waals surface area contributed by atoms with Crippen molar-refractivity contribution < 1.29 is 9.53 Å². The normalized spacial score (nSPS) is 23.7. The summed E-state index contributed by atoms with van der Waals surface area (Å²) in [6.45, 7) is 6.54. The van der Waals surface area contributed by atoms with Crippen molar-refractivity contribution in [3.8, 4) is 0 Å². The van der Waals surface area contributed by atoms with Crippen molar-refractivity contribution in [1.82, 2.24) is 4.90 Å². The molecule has 82 valence electrons. The third-order valence-corrected chi connectivity index (χ3v) is 2.81. The van der Waals surface area contributed by atoms with E-state index in [2.05, 4.69) is 26.5 Å². The van der Waals surface area contributed by atoms with E-state index in [0.717, 1.165) is 26.1 Å². The smallest absolute Gasteiger partial charge is 0.232 e. The van der Waals surface area contributed by atoms with Gasteiger partial charge in [-0.1, -0.05) is 13.8 Å². The summed E-state index contributed by atoms with van der Waals surface area (Å²) in [6, 6.07) is 0. The van der Waals surface area contributed by atoms with Crippen LogP contribution >= 0.6 is 12.6 Å². The van der Waals surface area contributed by atoms with Gasteiger partial charge in [0.25, 0.3) is 0 Å². The summed E-state index contributed by atoms with van der Waals surface area (Å²) in [7, 11) is 0. The maximum absolute atomic E-state index is 11.5. The quantitative estimate of drug-likeness (QED) is 0.704. The number of hydrogen-bond acceptors (Lipinski definition) is 3. The van der Waals surface area contributed by atoms with Gasteiger partial charge in [0.15, 0.2) is 0 Å². The van der Waals surface area contributed by atoms with Gasteiger partial charge in [-0.15, -0.1) is 0 Å². The zero-order chi connectivity index (χ0) is 10.6. The fourth-order valence-electron chi connectivity index (χ4n) is 1.58. The zero-order valence-electron chi connectivity index (χ0n) is 8.90. The molecule has 1 fully saturated rings. The first-order valence-corrected chi connectivity index (χ1v) is 5.78. The molecule has 1 heterocycles. The highest BCUT2D eigenvalue weighted by Crippen LogP contribution is 2.13. The number of ether oxygens (including phenoxy) is 1. The van der Waals surface area contributed by atoms with Crippen LogP contribution < -0.4 is 0 Å². The Bertz CT molecular complexity index is 197. The van der Waals surface area contributed by atoms with Crippen molar-refractivity contribution in [1.29, 1.82) is 0 Å². The van der Waals surface area contributed by atoms with Crippen LogP contribution in [0.25, 0.3) is 0 Å². The molecular weight excluding hydrogens is 198 g/mol. The fourth-order valence-corrected chi connectivity index (χ4v) is 1.78. The first kappa shape index (κ1) is 11.9. The van der Waals surface area contributed by atoms with Gasteiger partial charge in [0.2, 0.25) is 5.91 Å². The molecule has 4 heteroatoms. The Morgan fingerprint density at radius 1 is 1.64 bits per heavy atom. The van der Waals surface area contributed by atoms with E-state index in [1.807, 2.05) is 4.90 Å². The average Bonchev–Trinajstić information content (AvgIpc) is 2.41. The summed E-state index contributed by atoms with van der Waals surface area (Å²) >= 11 is 4.01. The predicted molar refractivity (Wildman–Crippen MR) is 59.6 cm³/mol. The number of hydrogen-bond donors (Lipinski definition) is 1. The molecule has 1 atom stereocenters. The lowest BCUT2D eigenvalue weighted by Gasteiger charge is -2.25. The third-order valence-electron chi connectivity index (χ3n) is 2.54. The second kappa shape index (κ2) is 5.61. The Balaban J connectivity index is 2.55. The van der Waals surface area contributed by atoms with Crippen LogP contribution in [0.4, 0.5) is 0 Å². The molecule has 0 radical (unpaired) electrons. The molecule has 1 saturated heterocycles. The first-order valence-electron chi connectivity index (χ1n) is 5.15. The minimum absolute atomic E-state index is 0.115. The molecule has 1 aliphatic rings. The maximum Gasteiger partial charge on any atom is 0.232 e. The van der Waals surface area contributed by atoms with Crippen LogP contribution in [0.1, 0.15) is 20.3 Å². The SMILES string of the molecule is CC(C)C1CN(C(=O)CS)CCCO1. The van der Waals surface area contributed by atoms with Gasteiger partial charge in [-0.25, -0.2) is 0 Å². The van der Waals surface area contributed by atoms with E-state index in [9.17, 15) is 4.79 Å². The molecule has 1 amide bonds. The highest BCUT2D eigenvalue weighted by Gasteiger charge is 2.23. The van der Waals surface area contributed by atoms with Crippen LogP contribution in [0.2, 0.25) is 0 Å². The van der Waals surface area contributed by atoms with Gasteiger partial charge >= 0.3 is 0 Å². The third kappa shape index (κ3) is 3.17. The van der Waals surface area contributed by atoms with Crippen molar-refractivity contribution in [2.45, 2.75) is 26.4 Å². The number of rotatable bonds is 2. The summed E-state index contributed by atoms with van der Waals surface area (Å²) in [5.74, 6) is 0.873. The minimum atomic E-state index is 0.115. The Morgan fingerprint density at radius 2 is 2.36 bits per heavy atom. The van der Waals surface area contributed by atoms with Gasteiger partial charge in [0, 0.05) is 19.7 Å². The molecule has 0 N–H and O–H groups in total. The maximum atomic E-state index is 11.5. The molecule has 0 bridgehead atoms. The Hall–Kier alpha value is -0.220. The largest absolute Gasteiger partial charge is 0.376 e. The molecule has 0 spiro atoms. The standard InChI is InChI=1S/C10H19NO2S/c1-8(2)9-6-11(10(12)7-14)4-3-5-13-9/h8-9,14H,3-7H2,1-2H3. The average molecular weight is 217 g/mol. The predicted octanol–water partition coefficient (Wildman–Crippen LogP) is 1.19. The first-order chi connectivity index (χ1) is 6.65. The highest BCUT2D eigenvalue weighted by molar-refractivity contribution is 7.81. The van der Waals surface area contributed by atoms with E-state index in [-0.39, 0.29) is 12.0 Å². The number of carbonyl (C=O) groups is 1. The van der Waals surface area contributed by atoms with Crippen LogP contribution in [0, 0.1) is 5.92 Å². The Labute approximate surface area is 91.2 Å². The number of amides is 1. The minimum Gasteiger partial charge on any atom is -0.376 e. The second-order valence-electron chi connectivity index (χ2n) is 4.00. The molecule has 3 nitrogen and oxygen atoms in total. The van der Waals surface area contributed by atoms with Gasteiger partial charge in [0.1, 0.15) is 0 Å². The number of nitrogens with zero attached hydrogens (tertiary/aromatic N) is 1. The van der Waals surface area contributed by atoms with E-state index >= 15 is 0 Å². The van der Waals surface area contributed by atoms with Gasteiger partial charge in [-0.3, -0.25) is 4.79 Å². The lowest BCUT2D eigenvalue weighted by atomic mass is 10.1. The van der Waals surface area contributed by atoms with Crippen molar-refractivity contribution in [3.63, 3.8) is 0 Å². The monoisotopic (exact) mass is 217 g/mol. The van der Waals surface area contributed by atoms with Crippen LogP contribution in [0.3, 0.4) is 0 Å². The van der Waals surface area contributed by atoms with E-state index in [0.29, 0.717) is 11.7 Å². The zero-order valence-corrected chi connectivity index (χ0v) is 9.80. The Morgan fingerprint density at radius 3 is 2.93 bits per heavy atom. The molecule has 0 aliphatic carbocycles. The molecule has 1 aliphatic heterocycles. The molecule has 0 aromatic rings. The summed E-state index contributed by atoms with van der Waals surface area (Å²) < 4.78 is 5.67. The number of carbonyl (C=O) groups excluding carboxylic acids is 1. The lowest BCUT2D eigenvalue weighted by molar-refractivity contribution is -0.129. The molecule has 14 heavy (non-hydrogen) atoms. The van der Waals surface area contributed by atoms with Crippen LogP contribution in [0.15, 0.2) is 0 Å². The number of thiol groups is 1. The molecule has 0 aromatic carbocycles. The van der Waals surface area contributed by atoms with Crippen molar-refractivity contribution >= 4 is 18.5 Å². The van der Waals surface area contributed by atoms with E-state index in [4.69, 9.17) is 4.74 Å². The lowest BCUT2D eigenvalue weighted by Crippen LogP contribution is -2.39. The van der Waals surface area contributed by atoms with Gasteiger partial charge in [-0.05, 0) is 12.3 Å². The molecule has 1 unspecified atom stereocenters. The van der Waals surface area contributed by atoms with Gasteiger partial charge in [-0.2, -0.15) is 12.6 Å². The fraction of sp³-hybridized carbons (Fsp3) is 0.900. The van der Waals surface area contributed by atoms with E-state index in [1.165, 1.54) is 0 Å². The molecule has 0 aromatic heterocycles. The van der Waals surface area contributed by atoms with Crippen LogP contribution in [0.5, 0.6) is 0 Å². The van der Waals surface area contributed by atoms with Gasteiger partial charge in [0.05, 0.1) is 11.9 Å². The van der Waals surface area contributed by atoms with E-state index in [1.54, 1.807) is 0 Å². The topological polar surface area (TPSA) is 29.5 Å². The molecular formula is C10H19NO2S. The van der Waals surface area contributed by atoms with Crippen molar-refractivity contribution in [3.05, 3.63) is 0 Å². The molecule has 1 rings (SSSR count). The van der Waals surface area contributed by atoms with Crippen molar-refractivity contribution in [2.24, 2.45) is 5.92 Å². The summed E-state index contributed by atoms with van der Waals surface area (Å²) in [6.07, 6.45) is 1.12. The van der Waals surface area contributed by atoms with Crippen LogP contribution in [-0.2, 0) is 9.53 Å².